The minimum Gasteiger partial charge on any atom is -0.329 e. The Morgan fingerprint density at radius 2 is 2.05 bits per heavy atom. The fraction of sp³-hybridized carbons (Fsp3) is 0.500. The first-order valence-corrected chi connectivity index (χ1v) is 7.71. The van der Waals surface area contributed by atoms with Gasteiger partial charge in [-0.15, -0.1) is 0 Å². The second kappa shape index (κ2) is 6.78. The van der Waals surface area contributed by atoms with Gasteiger partial charge in [0, 0.05) is 24.7 Å². The Balaban J connectivity index is 2.98. The SMILES string of the molecule is CC(C)CC(CN)NS(=O)(=O)c1cccc([N+](=O)[O-])c1. The maximum Gasteiger partial charge on any atom is 0.270 e. The van der Waals surface area contributed by atoms with Crippen molar-refractivity contribution in [3.05, 3.63) is 34.4 Å². The van der Waals surface area contributed by atoms with E-state index in [2.05, 4.69) is 4.72 Å². The Kier molecular flexibility index (Phi) is 5.61. The van der Waals surface area contributed by atoms with E-state index in [4.69, 9.17) is 5.73 Å². The summed E-state index contributed by atoms with van der Waals surface area (Å²) in [5.41, 5.74) is 5.29. The molecule has 0 aliphatic rings. The summed E-state index contributed by atoms with van der Waals surface area (Å²) < 4.78 is 26.8. The molecule has 0 saturated heterocycles. The first-order valence-electron chi connectivity index (χ1n) is 6.23. The molecule has 1 aromatic carbocycles. The van der Waals surface area contributed by atoms with E-state index in [1.165, 1.54) is 18.2 Å². The lowest BCUT2D eigenvalue weighted by molar-refractivity contribution is -0.385. The summed E-state index contributed by atoms with van der Waals surface area (Å²) >= 11 is 0. The molecule has 0 amide bonds. The van der Waals surface area contributed by atoms with Gasteiger partial charge in [-0.1, -0.05) is 19.9 Å². The van der Waals surface area contributed by atoms with Gasteiger partial charge in [-0.2, -0.15) is 0 Å². The third-order valence-electron chi connectivity index (χ3n) is 2.70. The molecule has 0 heterocycles. The maximum absolute atomic E-state index is 12.2. The highest BCUT2D eigenvalue weighted by Gasteiger charge is 2.21. The number of rotatable bonds is 7. The zero-order chi connectivity index (χ0) is 15.3. The normalized spacial score (nSPS) is 13.4. The summed E-state index contributed by atoms with van der Waals surface area (Å²) in [6.45, 7) is 4.10. The molecule has 1 atom stereocenters. The molecule has 20 heavy (non-hydrogen) atoms. The van der Waals surface area contributed by atoms with Gasteiger partial charge in [-0.05, 0) is 18.4 Å². The zero-order valence-electron chi connectivity index (χ0n) is 11.4. The van der Waals surface area contributed by atoms with Crippen molar-refractivity contribution in [1.82, 2.24) is 4.72 Å². The summed E-state index contributed by atoms with van der Waals surface area (Å²) in [5.74, 6) is 0.288. The number of nitrogens with zero attached hydrogens (tertiary/aromatic N) is 1. The predicted octanol–water partition coefficient (Wildman–Crippen LogP) is 1.25. The van der Waals surface area contributed by atoms with Crippen molar-refractivity contribution < 1.29 is 13.3 Å². The summed E-state index contributed by atoms with van der Waals surface area (Å²) in [7, 11) is -3.81. The van der Waals surface area contributed by atoms with Crippen LogP contribution < -0.4 is 10.5 Å². The van der Waals surface area contributed by atoms with Crippen molar-refractivity contribution in [2.45, 2.75) is 31.2 Å². The first-order chi connectivity index (χ1) is 9.26. The van der Waals surface area contributed by atoms with Crippen molar-refractivity contribution in [2.24, 2.45) is 11.7 Å². The highest BCUT2D eigenvalue weighted by atomic mass is 32.2. The molecular formula is C12H19N3O4S. The Morgan fingerprint density at radius 3 is 2.55 bits per heavy atom. The molecule has 1 unspecified atom stereocenters. The molecule has 0 saturated carbocycles. The Hall–Kier alpha value is -1.51. The first kappa shape index (κ1) is 16.5. The molecule has 1 aromatic rings. The smallest absolute Gasteiger partial charge is 0.270 e. The number of sulfonamides is 1. The van der Waals surface area contributed by atoms with Crippen LogP contribution in [-0.4, -0.2) is 25.9 Å². The minimum atomic E-state index is -3.81. The fourth-order valence-corrected chi connectivity index (χ4v) is 3.11. The van der Waals surface area contributed by atoms with E-state index < -0.39 is 14.9 Å². The topological polar surface area (TPSA) is 115 Å². The molecule has 7 nitrogen and oxygen atoms in total. The zero-order valence-corrected chi connectivity index (χ0v) is 12.3. The summed E-state index contributed by atoms with van der Waals surface area (Å²) in [6.07, 6.45) is 0.602. The Labute approximate surface area is 118 Å². The van der Waals surface area contributed by atoms with Gasteiger partial charge < -0.3 is 5.73 Å². The van der Waals surface area contributed by atoms with E-state index >= 15 is 0 Å². The molecule has 0 aliphatic heterocycles. The van der Waals surface area contributed by atoms with E-state index in [0.717, 1.165) is 6.07 Å². The summed E-state index contributed by atoms with van der Waals surface area (Å²) in [5, 5.41) is 10.7. The highest BCUT2D eigenvalue weighted by molar-refractivity contribution is 7.89. The van der Waals surface area contributed by atoms with Crippen LogP contribution in [0.4, 0.5) is 5.69 Å². The number of nitrogens with one attached hydrogen (secondary N) is 1. The molecule has 112 valence electrons. The van der Waals surface area contributed by atoms with Gasteiger partial charge in [0.15, 0.2) is 0 Å². The van der Waals surface area contributed by atoms with Crippen LogP contribution in [0.3, 0.4) is 0 Å². The molecule has 1 rings (SSSR count). The molecule has 8 heteroatoms. The van der Waals surface area contributed by atoms with Gasteiger partial charge in [0.2, 0.25) is 10.0 Å². The quantitative estimate of drug-likeness (QED) is 0.581. The Morgan fingerprint density at radius 1 is 1.40 bits per heavy atom. The van der Waals surface area contributed by atoms with Gasteiger partial charge in [-0.3, -0.25) is 10.1 Å². The number of nitrogens with two attached hydrogens (primary N) is 1. The van der Waals surface area contributed by atoms with E-state index in [9.17, 15) is 18.5 Å². The van der Waals surface area contributed by atoms with Crippen LogP contribution in [-0.2, 0) is 10.0 Å². The number of hydrogen-bond donors (Lipinski definition) is 2. The van der Waals surface area contributed by atoms with Crippen molar-refractivity contribution in [2.75, 3.05) is 6.54 Å². The molecule has 0 aliphatic carbocycles. The van der Waals surface area contributed by atoms with Crippen LogP contribution >= 0.6 is 0 Å². The van der Waals surface area contributed by atoms with Crippen LogP contribution in [0, 0.1) is 16.0 Å². The summed E-state index contributed by atoms with van der Waals surface area (Å²) in [4.78, 5) is 9.91. The monoisotopic (exact) mass is 301 g/mol. The lowest BCUT2D eigenvalue weighted by atomic mass is 10.1. The largest absolute Gasteiger partial charge is 0.329 e. The van der Waals surface area contributed by atoms with Crippen LogP contribution in [0.15, 0.2) is 29.2 Å². The van der Waals surface area contributed by atoms with E-state index in [0.29, 0.717) is 6.42 Å². The third kappa shape index (κ3) is 4.55. The average Bonchev–Trinajstić information content (AvgIpc) is 2.37. The molecule has 3 N–H and O–H groups in total. The molecule has 0 spiro atoms. The predicted molar refractivity (Wildman–Crippen MR) is 75.7 cm³/mol. The minimum absolute atomic E-state index is 0.131. The second-order valence-electron chi connectivity index (χ2n) is 4.94. The average molecular weight is 301 g/mol. The van der Waals surface area contributed by atoms with Gasteiger partial charge >= 0.3 is 0 Å². The number of benzene rings is 1. The number of nitro groups is 1. The lowest BCUT2D eigenvalue weighted by Gasteiger charge is -2.18. The van der Waals surface area contributed by atoms with Gasteiger partial charge in [0.25, 0.3) is 5.69 Å². The van der Waals surface area contributed by atoms with Crippen LogP contribution in [0.1, 0.15) is 20.3 Å². The molecule has 0 bridgehead atoms. The maximum atomic E-state index is 12.2. The fourth-order valence-electron chi connectivity index (χ4n) is 1.81. The summed E-state index contributed by atoms with van der Waals surface area (Å²) in [6, 6.07) is 4.54. The lowest BCUT2D eigenvalue weighted by Crippen LogP contribution is -2.40. The van der Waals surface area contributed by atoms with Crippen molar-refractivity contribution >= 4 is 15.7 Å². The van der Waals surface area contributed by atoms with Crippen LogP contribution in [0.2, 0.25) is 0 Å². The van der Waals surface area contributed by atoms with E-state index in [-0.39, 0.29) is 29.1 Å². The molecule has 0 radical (unpaired) electrons. The second-order valence-corrected chi connectivity index (χ2v) is 6.65. The van der Waals surface area contributed by atoms with Crippen LogP contribution in [0.5, 0.6) is 0 Å². The van der Waals surface area contributed by atoms with Gasteiger partial charge in [-0.25, -0.2) is 13.1 Å². The molecule has 0 fully saturated rings. The molecular weight excluding hydrogens is 282 g/mol. The Bertz CT molecular complexity index is 572. The standard InChI is InChI=1S/C12H19N3O4S/c1-9(2)6-10(8-13)14-20(18,19)12-5-3-4-11(7-12)15(16)17/h3-5,7,9-10,14H,6,8,13H2,1-2H3. The highest BCUT2D eigenvalue weighted by Crippen LogP contribution is 2.18. The van der Waals surface area contributed by atoms with E-state index in [1.807, 2.05) is 13.8 Å². The third-order valence-corrected chi connectivity index (χ3v) is 4.22. The number of hydrogen-bond acceptors (Lipinski definition) is 5. The number of non-ortho nitro benzene ring substituents is 1. The van der Waals surface area contributed by atoms with Crippen LogP contribution in [0.25, 0.3) is 0 Å². The van der Waals surface area contributed by atoms with Crippen molar-refractivity contribution in [3.8, 4) is 0 Å². The van der Waals surface area contributed by atoms with Crippen molar-refractivity contribution in [1.29, 1.82) is 0 Å². The van der Waals surface area contributed by atoms with E-state index in [1.54, 1.807) is 0 Å². The molecule has 0 aromatic heterocycles. The van der Waals surface area contributed by atoms with Crippen molar-refractivity contribution in [3.63, 3.8) is 0 Å². The van der Waals surface area contributed by atoms with Gasteiger partial charge in [0.05, 0.1) is 9.82 Å². The number of nitro benzene ring substituents is 1. The van der Waals surface area contributed by atoms with Gasteiger partial charge in [0.1, 0.15) is 0 Å².